The van der Waals surface area contributed by atoms with Gasteiger partial charge < -0.3 is 0 Å². The number of nitrogens with two attached hydrogens (primary N) is 2. The topological polar surface area (TPSA) is 107 Å². The molecule has 0 aromatic carbocycles. The quantitative estimate of drug-likeness (QED) is 0.377. The van der Waals surface area contributed by atoms with Gasteiger partial charge in [-0.05, 0) is 25.9 Å². The highest BCUT2D eigenvalue weighted by Crippen LogP contribution is 2.18. The molecule has 0 amide bonds. The van der Waals surface area contributed by atoms with Crippen LogP contribution in [0.1, 0.15) is 17.2 Å². The third kappa shape index (κ3) is 2.85. The van der Waals surface area contributed by atoms with Gasteiger partial charge in [-0.2, -0.15) is 0 Å². The zero-order valence-electron chi connectivity index (χ0n) is 7.90. The van der Waals surface area contributed by atoms with Gasteiger partial charge in [-0.3, -0.25) is 11.7 Å². The van der Waals surface area contributed by atoms with Crippen molar-refractivity contribution in [1.29, 1.82) is 0 Å². The lowest BCUT2D eigenvalue weighted by Gasteiger charge is -2.00. The maximum atomic E-state index is 10.2. The van der Waals surface area contributed by atoms with E-state index in [0.717, 1.165) is 0 Å². The molecule has 0 radical (unpaired) electrons. The first-order chi connectivity index (χ1) is 6.15. The molecule has 6 nitrogen and oxygen atoms in total. The molecule has 0 aliphatic rings. The van der Waals surface area contributed by atoms with Crippen LogP contribution >= 0.6 is 0 Å². The highest BCUT2D eigenvalue weighted by molar-refractivity contribution is 5.44. The summed E-state index contributed by atoms with van der Waals surface area (Å²) in [5.41, 5.74) is 1.64. The Kier molecular flexibility index (Phi) is 4.71. The Balaban J connectivity index is 0.000000671. The van der Waals surface area contributed by atoms with Crippen molar-refractivity contribution >= 4 is 5.69 Å². The van der Waals surface area contributed by atoms with Gasteiger partial charge in [-0.15, -0.1) is 4.91 Å². The number of hydrogen-bond donors (Lipinski definition) is 2. The van der Waals surface area contributed by atoms with Gasteiger partial charge in [0.2, 0.25) is 0 Å². The van der Waals surface area contributed by atoms with E-state index in [9.17, 15) is 4.91 Å². The SMILES string of the molecule is Cc1nc(C)c(N=O)c(C)n1.NN. The third-order valence-corrected chi connectivity index (χ3v) is 1.44. The number of hydrazine groups is 1. The van der Waals surface area contributed by atoms with Crippen LogP contribution in [-0.4, -0.2) is 9.97 Å². The average molecular weight is 183 g/mol. The largest absolute Gasteiger partial charge is 0.274 e. The summed E-state index contributed by atoms with van der Waals surface area (Å²) < 4.78 is 0. The molecular formula is C7H13N5O. The Labute approximate surface area is 76.3 Å². The van der Waals surface area contributed by atoms with E-state index >= 15 is 0 Å². The van der Waals surface area contributed by atoms with Crippen LogP contribution in [-0.2, 0) is 0 Å². The molecule has 6 heteroatoms. The minimum absolute atomic E-state index is 0.357. The fourth-order valence-corrected chi connectivity index (χ4v) is 1.01. The first-order valence-electron chi connectivity index (χ1n) is 3.63. The first-order valence-corrected chi connectivity index (χ1v) is 3.63. The molecule has 0 aliphatic heterocycles. The molecule has 0 fully saturated rings. The molecule has 1 rings (SSSR count). The van der Waals surface area contributed by atoms with E-state index in [1.807, 2.05) is 0 Å². The van der Waals surface area contributed by atoms with Crippen LogP contribution in [0.5, 0.6) is 0 Å². The summed E-state index contributed by atoms with van der Waals surface area (Å²) in [7, 11) is 0. The molecule has 13 heavy (non-hydrogen) atoms. The molecule has 72 valence electrons. The maximum absolute atomic E-state index is 10.2. The van der Waals surface area contributed by atoms with Gasteiger partial charge in [-0.25, -0.2) is 9.97 Å². The molecule has 0 atom stereocenters. The van der Waals surface area contributed by atoms with Crippen molar-refractivity contribution in [2.45, 2.75) is 20.8 Å². The van der Waals surface area contributed by atoms with E-state index < -0.39 is 0 Å². The van der Waals surface area contributed by atoms with Crippen LogP contribution in [0, 0.1) is 25.7 Å². The standard InChI is InChI=1S/C7H9N3O.H4N2/c1-4-7(10-11)5(2)9-6(3)8-4;1-2/h1-3H3;1-2H2. The van der Waals surface area contributed by atoms with Gasteiger partial charge in [0, 0.05) is 0 Å². The third-order valence-electron chi connectivity index (χ3n) is 1.44. The molecule has 1 heterocycles. The summed E-state index contributed by atoms with van der Waals surface area (Å²) in [6.45, 7) is 5.28. The summed E-state index contributed by atoms with van der Waals surface area (Å²) in [5.74, 6) is 8.67. The first kappa shape index (κ1) is 11.6. The molecule has 0 bridgehead atoms. The molecule has 0 saturated heterocycles. The Morgan fingerprint density at radius 3 is 1.77 bits per heavy atom. The lowest BCUT2D eigenvalue weighted by atomic mass is 10.3. The van der Waals surface area contributed by atoms with E-state index in [4.69, 9.17) is 0 Å². The lowest BCUT2D eigenvalue weighted by molar-refractivity contribution is 0.972. The van der Waals surface area contributed by atoms with Crippen molar-refractivity contribution in [3.05, 3.63) is 22.1 Å². The predicted molar refractivity (Wildman–Crippen MR) is 50.1 cm³/mol. The monoisotopic (exact) mass is 183 g/mol. The van der Waals surface area contributed by atoms with Gasteiger partial charge in [0.25, 0.3) is 0 Å². The summed E-state index contributed by atoms with van der Waals surface area (Å²) >= 11 is 0. The van der Waals surface area contributed by atoms with Gasteiger partial charge in [0.15, 0.2) is 0 Å². The van der Waals surface area contributed by atoms with Gasteiger partial charge in [0.1, 0.15) is 11.5 Å². The second-order valence-corrected chi connectivity index (χ2v) is 2.38. The molecular weight excluding hydrogens is 170 g/mol. The molecule has 0 saturated carbocycles. The minimum Gasteiger partial charge on any atom is -0.274 e. The smallest absolute Gasteiger partial charge is 0.150 e. The molecule has 1 aromatic heterocycles. The molecule has 0 spiro atoms. The highest BCUT2D eigenvalue weighted by Gasteiger charge is 2.05. The maximum Gasteiger partial charge on any atom is 0.150 e. The number of rotatable bonds is 1. The minimum atomic E-state index is 0.357. The number of hydrogen-bond acceptors (Lipinski definition) is 6. The molecule has 0 unspecified atom stereocenters. The van der Waals surface area contributed by atoms with Crippen molar-refractivity contribution in [3.8, 4) is 0 Å². The molecule has 0 aliphatic carbocycles. The number of aryl methyl sites for hydroxylation is 3. The lowest BCUT2D eigenvalue weighted by Crippen LogP contribution is -2.02. The van der Waals surface area contributed by atoms with Gasteiger partial charge in [-0.1, -0.05) is 0 Å². The van der Waals surface area contributed by atoms with E-state index in [-0.39, 0.29) is 0 Å². The van der Waals surface area contributed by atoms with E-state index in [2.05, 4.69) is 26.8 Å². The Bertz CT molecular complexity index is 276. The Morgan fingerprint density at radius 1 is 1.08 bits per heavy atom. The molecule has 1 aromatic rings. The normalized spacial score (nSPS) is 8.69. The van der Waals surface area contributed by atoms with Crippen molar-refractivity contribution in [2.24, 2.45) is 16.9 Å². The fourth-order valence-electron chi connectivity index (χ4n) is 1.01. The van der Waals surface area contributed by atoms with Crippen LogP contribution in [0.15, 0.2) is 5.18 Å². The van der Waals surface area contributed by atoms with Crippen molar-refractivity contribution in [1.82, 2.24) is 9.97 Å². The number of nitroso groups, excluding NO2 is 1. The van der Waals surface area contributed by atoms with Crippen molar-refractivity contribution in [2.75, 3.05) is 0 Å². The van der Waals surface area contributed by atoms with E-state index in [0.29, 0.717) is 22.9 Å². The van der Waals surface area contributed by atoms with Crippen LogP contribution in [0.2, 0.25) is 0 Å². The number of nitrogens with zero attached hydrogens (tertiary/aromatic N) is 3. The van der Waals surface area contributed by atoms with Gasteiger partial charge >= 0.3 is 0 Å². The van der Waals surface area contributed by atoms with Crippen LogP contribution in [0.25, 0.3) is 0 Å². The van der Waals surface area contributed by atoms with Crippen molar-refractivity contribution < 1.29 is 0 Å². The second-order valence-electron chi connectivity index (χ2n) is 2.38. The summed E-state index contributed by atoms with van der Waals surface area (Å²) in [6.07, 6.45) is 0. The van der Waals surface area contributed by atoms with Crippen LogP contribution < -0.4 is 11.7 Å². The van der Waals surface area contributed by atoms with E-state index in [1.165, 1.54) is 0 Å². The Morgan fingerprint density at radius 2 is 1.46 bits per heavy atom. The van der Waals surface area contributed by atoms with Crippen molar-refractivity contribution in [3.63, 3.8) is 0 Å². The summed E-state index contributed by atoms with van der Waals surface area (Å²) in [5, 5.41) is 2.84. The van der Waals surface area contributed by atoms with E-state index in [1.54, 1.807) is 20.8 Å². The van der Waals surface area contributed by atoms with Gasteiger partial charge in [0.05, 0.1) is 11.4 Å². The summed E-state index contributed by atoms with van der Waals surface area (Å²) in [6, 6.07) is 0. The zero-order chi connectivity index (χ0) is 10.4. The zero-order valence-corrected chi connectivity index (χ0v) is 7.90. The second kappa shape index (κ2) is 5.28. The predicted octanol–water partition coefficient (Wildman–Crippen LogP) is 0.619. The Hall–Kier alpha value is -1.40. The fraction of sp³-hybridized carbons (Fsp3) is 0.429. The number of aromatic nitrogens is 2. The van der Waals surface area contributed by atoms with Crippen LogP contribution in [0.3, 0.4) is 0 Å². The summed E-state index contributed by atoms with van der Waals surface area (Å²) in [4.78, 5) is 18.2. The molecule has 4 N–H and O–H groups in total. The highest BCUT2D eigenvalue weighted by atomic mass is 16.3. The van der Waals surface area contributed by atoms with Crippen LogP contribution in [0.4, 0.5) is 5.69 Å². The average Bonchev–Trinajstić information content (AvgIpc) is 2.07.